The minimum atomic E-state index is 0. The van der Waals surface area contributed by atoms with Crippen molar-refractivity contribution in [2.45, 2.75) is 38.6 Å². The van der Waals surface area contributed by atoms with Crippen molar-refractivity contribution in [1.82, 2.24) is 10.6 Å². The van der Waals surface area contributed by atoms with E-state index in [2.05, 4.69) is 17.6 Å². The summed E-state index contributed by atoms with van der Waals surface area (Å²) in [6, 6.07) is 2.64. The molecule has 3 nitrogen and oxygen atoms in total. The molecule has 1 atom stereocenters. The number of aryl methyl sites for hydroxylation is 1. The molecule has 0 bridgehead atoms. The average molecular weight is 289 g/mol. The predicted octanol–water partition coefficient (Wildman–Crippen LogP) is 2.60. The first-order chi connectivity index (χ1) is 8.31. The Morgan fingerprint density at radius 2 is 2.44 bits per heavy atom. The van der Waals surface area contributed by atoms with Crippen LogP contribution < -0.4 is 10.6 Å². The molecule has 1 saturated heterocycles. The fraction of sp³-hybridized carbons (Fsp3) is 0.615. The zero-order valence-electron chi connectivity index (χ0n) is 10.7. The molecule has 1 aliphatic heterocycles. The Morgan fingerprint density at radius 3 is 3.11 bits per heavy atom. The first-order valence-electron chi connectivity index (χ1n) is 6.39. The minimum Gasteiger partial charge on any atom is -0.351 e. The topological polar surface area (TPSA) is 41.1 Å². The molecule has 2 N–H and O–H groups in total. The van der Waals surface area contributed by atoms with Gasteiger partial charge in [-0.15, -0.1) is 23.7 Å². The summed E-state index contributed by atoms with van der Waals surface area (Å²) in [5.41, 5.74) is 1.16. The molecule has 0 radical (unpaired) electrons. The summed E-state index contributed by atoms with van der Waals surface area (Å²) in [4.78, 5) is 12.8. The van der Waals surface area contributed by atoms with Gasteiger partial charge < -0.3 is 10.6 Å². The monoisotopic (exact) mass is 288 g/mol. The molecule has 5 heteroatoms. The second kappa shape index (κ2) is 7.77. The number of halogens is 1. The zero-order chi connectivity index (χ0) is 12.1. The molecule has 0 aromatic carbocycles. The summed E-state index contributed by atoms with van der Waals surface area (Å²) in [5, 5.41) is 8.45. The Kier molecular flexibility index (Phi) is 6.68. The van der Waals surface area contributed by atoms with Crippen molar-refractivity contribution in [3.8, 4) is 0 Å². The van der Waals surface area contributed by atoms with E-state index >= 15 is 0 Å². The first-order valence-corrected chi connectivity index (χ1v) is 7.27. The van der Waals surface area contributed by atoms with Crippen LogP contribution in [0, 0.1) is 0 Å². The van der Waals surface area contributed by atoms with Crippen LogP contribution in [0.3, 0.4) is 0 Å². The number of carbonyl (C=O) groups excluding carboxylic acids is 1. The minimum absolute atomic E-state index is 0. The largest absolute Gasteiger partial charge is 0.351 e. The van der Waals surface area contributed by atoms with E-state index in [-0.39, 0.29) is 18.3 Å². The maximum atomic E-state index is 11.9. The lowest BCUT2D eigenvalue weighted by atomic mass is 10.1. The van der Waals surface area contributed by atoms with Crippen LogP contribution in [-0.2, 0) is 6.42 Å². The normalized spacial score (nSPS) is 18.4. The highest BCUT2D eigenvalue weighted by molar-refractivity contribution is 7.12. The van der Waals surface area contributed by atoms with Crippen molar-refractivity contribution in [1.29, 1.82) is 0 Å². The van der Waals surface area contributed by atoms with Crippen LogP contribution in [-0.4, -0.2) is 25.0 Å². The summed E-state index contributed by atoms with van der Waals surface area (Å²) >= 11 is 1.54. The summed E-state index contributed by atoms with van der Waals surface area (Å²) in [7, 11) is 0. The molecule has 0 saturated carbocycles. The van der Waals surface area contributed by atoms with E-state index in [1.54, 1.807) is 0 Å². The van der Waals surface area contributed by atoms with Gasteiger partial charge in [0.1, 0.15) is 0 Å². The molecule has 2 rings (SSSR count). The van der Waals surface area contributed by atoms with Gasteiger partial charge in [-0.25, -0.2) is 0 Å². The van der Waals surface area contributed by atoms with Gasteiger partial charge in [-0.1, -0.05) is 6.92 Å². The quantitative estimate of drug-likeness (QED) is 0.874. The van der Waals surface area contributed by atoms with Crippen molar-refractivity contribution >= 4 is 29.7 Å². The summed E-state index contributed by atoms with van der Waals surface area (Å²) in [6.45, 7) is 3.99. The molecule has 0 aliphatic carbocycles. The highest BCUT2D eigenvalue weighted by atomic mass is 35.5. The Balaban J connectivity index is 0.00000162. The highest BCUT2D eigenvalue weighted by Gasteiger charge is 2.15. The number of nitrogens with one attached hydrogen (secondary N) is 2. The molecule has 18 heavy (non-hydrogen) atoms. The van der Waals surface area contributed by atoms with Gasteiger partial charge in [0.2, 0.25) is 0 Å². The third-order valence-electron chi connectivity index (χ3n) is 3.27. The van der Waals surface area contributed by atoms with Gasteiger partial charge in [-0.2, -0.15) is 0 Å². The number of amides is 1. The third-order valence-corrected chi connectivity index (χ3v) is 4.23. The van der Waals surface area contributed by atoms with E-state index < -0.39 is 0 Å². The fourth-order valence-corrected chi connectivity index (χ4v) is 3.17. The van der Waals surface area contributed by atoms with E-state index in [4.69, 9.17) is 0 Å². The van der Waals surface area contributed by atoms with Gasteiger partial charge in [0.05, 0.1) is 4.88 Å². The molecule has 1 aromatic heterocycles. The first kappa shape index (κ1) is 15.5. The van der Waals surface area contributed by atoms with Crippen LogP contribution in [0.4, 0.5) is 0 Å². The van der Waals surface area contributed by atoms with E-state index in [1.807, 2.05) is 11.4 Å². The smallest absolute Gasteiger partial charge is 0.261 e. The van der Waals surface area contributed by atoms with Crippen molar-refractivity contribution in [2.75, 3.05) is 13.1 Å². The van der Waals surface area contributed by atoms with Crippen LogP contribution in [0.15, 0.2) is 11.4 Å². The number of hydrogen-bond acceptors (Lipinski definition) is 3. The third kappa shape index (κ3) is 3.97. The van der Waals surface area contributed by atoms with Gasteiger partial charge in [-0.05, 0) is 49.2 Å². The molecular formula is C13H21ClN2OS. The second-order valence-corrected chi connectivity index (χ2v) is 5.38. The molecule has 1 amide bonds. The van der Waals surface area contributed by atoms with Gasteiger partial charge >= 0.3 is 0 Å². The molecule has 1 fully saturated rings. The standard InChI is InChI=1S/C13H20N2OS.ClH/c1-2-10-6-9-17-12(10)13(16)15-8-5-11-4-3-7-14-11;/h6,9,11,14H,2-5,7-8H2,1H3,(H,15,16);1H/t11-;/m1./s1. The highest BCUT2D eigenvalue weighted by Crippen LogP contribution is 2.17. The van der Waals surface area contributed by atoms with Crippen molar-refractivity contribution in [2.24, 2.45) is 0 Å². The lowest BCUT2D eigenvalue weighted by molar-refractivity contribution is 0.0955. The van der Waals surface area contributed by atoms with E-state index in [9.17, 15) is 4.79 Å². The summed E-state index contributed by atoms with van der Waals surface area (Å²) in [5.74, 6) is 0.0925. The van der Waals surface area contributed by atoms with E-state index in [0.29, 0.717) is 6.04 Å². The van der Waals surface area contributed by atoms with Crippen LogP contribution in [0.1, 0.15) is 41.4 Å². The summed E-state index contributed by atoms with van der Waals surface area (Å²) < 4.78 is 0. The van der Waals surface area contributed by atoms with Crippen LogP contribution >= 0.6 is 23.7 Å². The molecule has 1 aliphatic rings. The molecule has 0 spiro atoms. The number of rotatable bonds is 5. The van der Waals surface area contributed by atoms with Gasteiger partial charge in [0.15, 0.2) is 0 Å². The van der Waals surface area contributed by atoms with Crippen LogP contribution in [0.2, 0.25) is 0 Å². The average Bonchev–Trinajstić information content (AvgIpc) is 2.99. The summed E-state index contributed by atoms with van der Waals surface area (Å²) in [6.07, 6.45) is 4.48. The molecule has 0 unspecified atom stereocenters. The van der Waals surface area contributed by atoms with Crippen LogP contribution in [0.25, 0.3) is 0 Å². The maximum Gasteiger partial charge on any atom is 0.261 e. The lowest BCUT2D eigenvalue weighted by Crippen LogP contribution is -2.30. The Bertz CT molecular complexity index is 375. The molecule has 2 heterocycles. The van der Waals surface area contributed by atoms with Crippen LogP contribution in [0.5, 0.6) is 0 Å². The zero-order valence-corrected chi connectivity index (χ0v) is 12.3. The molecule has 102 valence electrons. The number of carbonyl (C=O) groups is 1. The van der Waals surface area contributed by atoms with E-state index in [1.165, 1.54) is 24.2 Å². The Morgan fingerprint density at radius 1 is 1.61 bits per heavy atom. The van der Waals surface area contributed by atoms with E-state index in [0.717, 1.165) is 36.4 Å². The van der Waals surface area contributed by atoms with Crippen molar-refractivity contribution in [3.05, 3.63) is 21.9 Å². The molecule has 1 aromatic rings. The fourth-order valence-electron chi connectivity index (χ4n) is 2.26. The SMILES string of the molecule is CCc1ccsc1C(=O)NCC[C@H]1CCCN1.Cl. The Hall–Kier alpha value is -0.580. The van der Waals surface area contributed by atoms with Gasteiger partial charge in [0, 0.05) is 12.6 Å². The van der Waals surface area contributed by atoms with Gasteiger partial charge in [0.25, 0.3) is 5.91 Å². The number of thiophene rings is 1. The molecular weight excluding hydrogens is 268 g/mol. The van der Waals surface area contributed by atoms with Crippen molar-refractivity contribution < 1.29 is 4.79 Å². The lowest BCUT2D eigenvalue weighted by Gasteiger charge is -2.10. The maximum absolute atomic E-state index is 11.9. The number of hydrogen-bond donors (Lipinski definition) is 2. The Labute approximate surface area is 119 Å². The predicted molar refractivity (Wildman–Crippen MR) is 78.9 cm³/mol. The second-order valence-electron chi connectivity index (χ2n) is 4.47. The van der Waals surface area contributed by atoms with Gasteiger partial charge in [-0.3, -0.25) is 4.79 Å². The van der Waals surface area contributed by atoms with Crippen molar-refractivity contribution in [3.63, 3.8) is 0 Å².